The Kier molecular flexibility index (Phi) is 5.72. The molecule has 1 rings (SSSR count). The molecule has 0 amide bonds. The summed E-state index contributed by atoms with van der Waals surface area (Å²) in [4.78, 5) is 0. The molecule has 0 saturated heterocycles. The Morgan fingerprint density at radius 3 is 2.75 bits per heavy atom. The number of methoxy groups -OCH3 is 1. The second-order valence-corrected chi connectivity index (χ2v) is 3.71. The van der Waals surface area contributed by atoms with Crippen LogP contribution < -0.4 is 14.8 Å². The van der Waals surface area contributed by atoms with E-state index in [1.807, 2.05) is 25.2 Å². The molecule has 90 valence electrons. The molecular weight excluding hydrogens is 202 g/mol. The van der Waals surface area contributed by atoms with Crippen LogP contribution in [0.25, 0.3) is 0 Å². The predicted octanol–water partition coefficient (Wildman–Crippen LogP) is 2.59. The van der Waals surface area contributed by atoms with Gasteiger partial charge in [-0.25, -0.2) is 0 Å². The lowest BCUT2D eigenvalue weighted by atomic mass is 10.2. The zero-order valence-corrected chi connectivity index (χ0v) is 10.4. The van der Waals surface area contributed by atoms with Gasteiger partial charge in [0.1, 0.15) is 11.5 Å². The zero-order chi connectivity index (χ0) is 11.8. The van der Waals surface area contributed by atoms with Crippen molar-refractivity contribution in [2.24, 2.45) is 0 Å². The van der Waals surface area contributed by atoms with Gasteiger partial charge in [0.05, 0.1) is 13.7 Å². The van der Waals surface area contributed by atoms with E-state index in [-0.39, 0.29) is 0 Å². The van der Waals surface area contributed by atoms with Crippen molar-refractivity contribution in [3.63, 3.8) is 0 Å². The van der Waals surface area contributed by atoms with Gasteiger partial charge in [-0.3, -0.25) is 0 Å². The molecule has 0 aliphatic carbocycles. The third-order valence-electron chi connectivity index (χ3n) is 2.40. The molecule has 0 spiro atoms. The van der Waals surface area contributed by atoms with E-state index in [2.05, 4.69) is 12.2 Å². The summed E-state index contributed by atoms with van der Waals surface area (Å²) < 4.78 is 10.9. The van der Waals surface area contributed by atoms with Gasteiger partial charge in [0, 0.05) is 18.2 Å². The van der Waals surface area contributed by atoms with Crippen molar-refractivity contribution in [1.82, 2.24) is 5.32 Å². The average Bonchev–Trinajstić information content (AvgIpc) is 2.31. The standard InChI is InChI=1S/C13H21NO2/c1-4-5-8-16-13-9-12(15-3)7-6-11(13)10-14-2/h6-7,9,14H,4-5,8,10H2,1-3H3. The van der Waals surface area contributed by atoms with Crippen molar-refractivity contribution in [3.8, 4) is 11.5 Å². The second kappa shape index (κ2) is 7.12. The first-order valence-corrected chi connectivity index (χ1v) is 5.76. The summed E-state index contributed by atoms with van der Waals surface area (Å²) in [7, 11) is 3.60. The lowest BCUT2D eigenvalue weighted by molar-refractivity contribution is 0.303. The molecule has 0 saturated carbocycles. The van der Waals surface area contributed by atoms with Gasteiger partial charge in [-0.1, -0.05) is 19.4 Å². The van der Waals surface area contributed by atoms with Crippen molar-refractivity contribution < 1.29 is 9.47 Å². The SMILES string of the molecule is CCCCOc1cc(OC)ccc1CNC. The number of hydrogen-bond donors (Lipinski definition) is 1. The van der Waals surface area contributed by atoms with E-state index < -0.39 is 0 Å². The maximum absolute atomic E-state index is 5.75. The number of benzene rings is 1. The van der Waals surface area contributed by atoms with Crippen LogP contribution in [0.4, 0.5) is 0 Å². The number of nitrogens with one attached hydrogen (secondary N) is 1. The third kappa shape index (κ3) is 3.74. The number of rotatable bonds is 7. The average molecular weight is 223 g/mol. The van der Waals surface area contributed by atoms with E-state index in [4.69, 9.17) is 9.47 Å². The van der Waals surface area contributed by atoms with E-state index in [0.717, 1.165) is 37.5 Å². The molecule has 0 radical (unpaired) electrons. The topological polar surface area (TPSA) is 30.5 Å². The van der Waals surface area contributed by atoms with Crippen LogP contribution in [0.5, 0.6) is 11.5 Å². The van der Waals surface area contributed by atoms with Gasteiger partial charge in [-0.05, 0) is 19.5 Å². The molecular formula is C13H21NO2. The Morgan fingerprint density at radius 2 is 2.12 bits per heavy atom. The maximum atomic E-state index is 5.75. The largest absolute Gasteiger partial charge is 0.497 e. The minimum Gasteiger partial charge on any atom is -0.497 e. The summed E-state index contributed by atoms with van der Waals surface area (Å²) in [5.74, 6) is 1.76. The summed E-state index contributed by atoms with van der Waals surface area (Å²) >= 11 is 0. The monoisotopic (exact) mass is 223 g/mol. The molecule has 1 aromatic rings. The van der Waals surface area contributed by atoms with Crippen molar-refractivity contribution in [2.45, 2.75) is 26.3 Å². The quantitative estimate of drug-likeness (QED) is 0.721. The van der Waals surface area contributed by atoms with Gasteiger partial charge < -0.3 is 14.8 Å². The minimum atomic E-state index is 0.764. The van der Waals surface area contributed by atoms with Crippen LogP contribution in [-0.2, 0) is 6.54 Å². The van der Waals surface area contributed by atoms with E-state index in [9.17, 15) is 0 Å². The molecule has 1 aromatic carbocycles. The van der Waals surface area contributed by atoms with Crippen LogP contribution in [0, 0.1) is 0 Å². The molecule has 0 aliphatic heterocycles. The Labute approximate surface area is 97.8 Å². The highest BCUT2D eigenvalue weighted by Crippen LogP contribution is 2.24. The summed E-state index contributed by atoms with van der Waals surface area (Å²) in [6.07, 6.45) is 2.22. The molecule has 0 unspecified atom stereocenters. The summed E-state index contributed by atoms with van der Waals surface area (Å²) in [6, 6.07) is 5.94. The number of hydrogen-bond acceptors (Lipinski definition) is 3. The zero-order valence-electron chi connectivity index (χ0n) is 10.4. The van der Waals surface area contributed by atoms with Gasteiger partial charge in [0.15, 0.2) is 0 Å². The molecule has 16 heavy (non-hydrogen) atoms. The Hall–Kier alpha value is -1.22. The predicted molar refractivity (Wildman–Crippen MR) is 66.2 cm³/mol. The molecule has 0 bridgehead atoms. The second-order valence-electron chi connectivity index (χ2n) is 3.71. The highest BCUT2D eigenvalue weighted by atomic mass is 16.5. The van der Waals surface area contributed by atoms with Crippen molar-refractivity contribution in [2.75, 3.05) is 20.8 Å². The molecule has 0 heterocycles. The molecule has 0 aromatic heterocycles. The molecule has 3 heteroatoms. The van der Waals surface area contributed by atoms with Crippen LogP contribution >= 0.6 is 0 Å². The smallest absolute Gasteiger partial charge is 0.127 e. The van der Waals surface area contributed by atoms with Crippen LogP contribution in [-0.4, -0.2) is 20.8 Å². The maximum Gasteiger partial charge on any atom is 0.127 e. The Morgan fingerprint density at radius 1 is 1.31 bits per heavy atom. The molecule has 0 aliphatic rings. The van der Waals surface area contributed by atoms with Crippen LogP contribution in [0.1, 0.15) is 25.3 Å². The normalized spacial score (nSPS) is 10.2. The van der Waals surface area contributed by atoms with Crippen molar-refractivity contribution >= 4 is 0 Å². The fourth-order valence-electron chi connectivity index (χ4n) is 1.46. The molecule has 1 N–H and O–H groups in total. The van der Waals surface area contributed by atoms with Gasteiger partial charge in [0.25, 0.3) is 0 Å². The highest BCUT2D eigenvalue weighted by molar-refractivity contribution is 5.40. The van der Waals surface area contributed by atoms with E-state index >= 15 is 0 Å². The summed E-state index contributed by atoms with van der Waals surface area (Å²) in [5.41, 5.74) is 1.17. The lowest BCUT2D eigenvalue weighted by Gasteiger charge is -2.12. The van der Waals surface area contributed by atoms with Gasteiger partial charge in [-0.2, -0.15) is 0 Å². The fraction of sp³-hybridized carbons (Fsp3) is 0.538. The molecule has 3 nitrogen and oxygen atoms in total. The van der Waals surface area contributed by atoms with Crippen LogP contribution in [0.3, 0.4) is 0 Å². The summed E-state index contributed by atoms with van der Waals surface area (Å²) in [5, 5.41) is 3.13. The molecule has 0 atom stereocenters. The van der Waals surface area contributed by atoms with Crippen LogP contribution in [0.15, 0.2) is 18.2 Å². The molecule has 0 fully saturated rings. The van der Waals surface area contributed by atoms with Gasteiger partial charge in [0.2, 0.25) is 0 Å². The highest BCUT2D eigenvalue weighted by Gasteiger charge is 2.04. The van der Waals surface area contributed by atoms with E-state index in [0.29, 0.717) is 0 Å². The first kappa shape index (κ1) is 12.8. The summed E-state index contributed by atoms with van der Waals surface area (Å²) in [6.45, 7) is 3.73. The van der Waals surface area contributed by atoms with Crippen LogP contribution in [0.2, 0.25) is 0 Å². The first-order valence-electron chi connectivity index (χ1n) is 5.76. The van der Waals surface area contributed by atoms with E-state index in [1.54, 1.807) is 7.11 Å². The fourth-order valence-corrected chi connectivity index (χ4v) is 1.46. The van der Waals surface area contributed by atoms with Gasteiger partial charge in [-0.15, -0.1) is 0 Å². The van der Waals surface area contributed by atoms with Gasteiger partial charge >= 0.3 is 0 Å². The third-order valence-corrected chi connectivity index (χ3v) is 2.40. The van der Waals surface area contributed by atoms with Crippen molar-refractivity contribution in [3.05, 3.63) is 23.8 Å². The van der Waals surface area contributed by atoms with Crippen molar-refractivity contribution in [1.29, 1.82) is 0 Å². The minimum absolute atomic E-state index is 0.764. The van der Waals surface area contributed by atoms with E-state index in [1.165, 1.54) is 5.56 Å². The lowest BCUT2D eigenvalue weighted by Crippen LogP contribution is -2.08. The number of unbranched alkanes of at least 4 members (excludes halogenated alkanes) is 1. The first-order chi connectivity index (χ1) is 7.81. The Balaban J connectivity index is 2.74. The Bertz CT molecular complexity index is 313. The number of ether oxygens (including phenoxy) is 2.